The molecule has 0 spiro atoms. The van der Waals surface area contributed by atoms with E-state index in [9.17, 15) is 0 Å². The average Bonchev–Trinajstić information content (AvgIpc) is 3.79. The minimum atomic E-state index is -1.94. The quantitative estimate of drug-likeness (QED) is 0.118. The van der Waals surface area contributed by atoms with Crippen molar-refractivity contribution in [2.45, 2.75) is 128 Å². The smallest absolute Gasteiger partial charge is 0.216 e. The van der Waals surface area contributed by atoms with Crippen molar-refractivity contribution in [1.82, 2.24) is 15.0 Å². The predicted molar refractivity (Wildman–Crippen MR) is 229 cm³/mol. The molecule has 0 amide bonds. The number of aromatic nitrogens is 3. The van der Waals surface area contributed by atoms with Crippen LogP contribution in [0.25, 0.3) is 44.6 Å². The van der Waals surface area contributed by atoms with E-state index in [1.54, 1.807) is 4.40 Å². The summed E-state index contributed by atoms with van der Waals surface area (Å²) in [4.78, 5) is 14.2. The van der Waals surface area contributed by atoms with E-state index in [1.165, 1.54) is 85.6 Å². The average molecular weight is 971 g/mol. The Bertz CT molecular complexity index is 2230. The van der Waals surface area contributed by atoms with Crippen molar-refractivity contribution in [1.29, 1.82) is 0 Å². The maximum atomic E-state index is 6.11. The molecule has 8 rings (SSSR count). The number of rotatable bonds is 7. The Kier molecular flexibility index (Phi) is 13.3. The minimum absolute atomic E-state index is 0. The van der Waals surface area contributed by atoms with Crippen molar-refractivity contribution in [3.63, 3.8) is 0 Å². The van der Waals surface area contributed by atoms with Crippen LogP contribution in [0.3, 0.4) is 0 Å². The van der Waals surface area contributed by atoms with E-state index >= 15 is 0 Å². The number of pyridine rings is 3. The second-order valence-corrected chi connectivity index (χ2v) is 29.0. The number of benzene rings is 2. The Morgan fingerprint density at radius 3 is 2.18 bits per heavy atom. The molecule has 291 valence electrons. The molecule has 0 aliphatic heterocycles. The second-order valence-electron chi connectivity index (χ2n) is 18.4. The molecule has 2 saturated carbocycles. The van der Waals surface area contributed by atoms with Crippen molar-refractivity contribution in [2.75, 3.05) is 0 Å². The van der Waals surface area contributed by atoms with Crippen molar-refractivity contribution < 1.29 is 24.5 Å². The molecule has 0 unspecified atom stereocenters. The van der Waals surface area contributed by atoms with Crippen molar-refractivity contribution >= 4 is 39.7 Å². The SMILES string of the molecule is CC(C)(C)Cc1cc(-c2[c-]ccc(C3CCCCC3)c2)nc[c]1[Ge]([CH3])([CH3])[CH3].Cc1ccc2c(n1)oc1c(-c3cc(C)c(CC4CCCC4)cn3)[c-]ccc12.[Ir]. The number of furan rings is 1. The van der Waals surface area contributed by atoms with Gasteiger partial charge in [-0.15, -0.1) is 18.2 Å². The standard InChI is InChI=1S/C25H36GeN.C24H23N2O.Ir/c1-25(2,3)17-22-16-24(27-18-23(22)26(4,5)6)21-14-10-13-20(15-21)19-11-8-7-9-12-19;1-15-12-22(25-14-18(15)13-17-6-3-4-7-17)21-9-5-8-19-20-11-10-16(2)26-24(20)27-23(19)21;/h10,13,15-16,18-19H,7-9,11-12,17H2,1-6H3;5,8,10-12,14,17H,3-4,6-7,13H2,1-2H3;/q2*-1;. The first-order valence-corrected chi connectivity index (χ1v) is 27.8. The number of hydrogen-bond acceptors (Lipinski definition) is 4. The van der Waals surface area contributed by atoms with Gasteiger partial charge in [0, 0.05) is 37.4 Å². The van der Waals surface area contributed by atoms with Crippen LogP contribution in [0.4, 0.5) is 0 Å². The van der Waals surface area contributed by atoms with E-state index < -0.39 is 13.3 Å². The van der Waals surface area contributed by atoms with Gasteiger partial charge in [-0.1, -0.05) is 48.3 Å². The van der Waals surface area contributed by atoms with Gasteiger partial charge in [-0.3, -0.25) is 0 Å². The molecule has 0 bridgehead atoms. The van der Waals surface area contributed by atoms with Crippen LogP contribution in [-0.2, 0) is 32.9 Å². The Morgan fingerprint density at radius 2 is 1.47 bits per heavy atom. The Hall–Kier alpha value is -3.12. The van der Waals surface area contributed by atoms with E-state index in [0.29, 0.717) is 5.71 Å². The summed E-state index contributed by atoms with van der Waals surface area (Å²) in [5.74, 6) is 8.97. The zero-order valence-electron chi connectivity index (χ0n) is 34.4. The van der Waals surface area contributed by atoms with Crippen LogP contribution in [0, 0.1) is 37.3 Å². The number of nitrogens with zero attached hydrogens (tertiary/aromatic N) is 3. The first kappa shape index (κ1) is 41.5. The van der Waals surface area contributed by atoms with Crippen molar-refractivity contribution in [3.8, 4) is 22.5 Å². The van der Waals surface area contributed by atoms with Gasteiger partial charge in [-0.05, 0) is 49.6 Å². The number of fused-ring (bicyclic) bond motifs is 3. The van der Waals surface area contributed by atoms with Gasteiger partial charge in [-0.2, -0.15) is 0 Å². The molecule has 4 heterocycles. The number of hydrogen-bond donors (Lipinski definition) is 0. The Balaban J connectivity index is 0.000000184. The van der Waals surface area contributed by atoms with Gasteiger partial charge >= 0.3 is 169 Å². The van der Waals surface area contributed by atoms with Gasteiger partial charge < -0.3 is 9.40 Å². The first-order chi connectivity index (χ1) is 25.8. The first-order valence-electron chi connectivity index (χ1n) is 20.5. The molecule has 55 heavy (non-hydrogen) atoms. The van der Waals surface area contributed by atoms with Gasteiger partial charge in [-0.25, -0.2) is 4.98 Å². The largest absolute Gasteiger partial charge is 0.486 e. The molecular weight excluding hydrogens is 911 g/mol. The molecule has 4 nitrogen and oxygen atoms in total. The molecule has 0 saturated heterocycles. The van der Waals surface area contributed by atoms with Gasteiger partial charge in [0.25, 0.3) is 0 Å². The van der Waals surface area contributed by atoms with Crippen LogP contribution in [0.1, 0.15) is 112 Å². The molecule has 2 aliphatic carbocycles. The van der Waals surface area contributed by atoms with Gasteiger partial charge in [0.15, 0.2) is 0 Å². The van der Waals surface area contributed by atoms with Crippen molar-refractivity contribution in [3.05, 3.63) is 107 Å². The minimum Gasteiger partial charge on any atom is -0.486 e. The molecule has 2 aliphatic rings. The normalized spacial score (nSPS) is 15.6. The molecule has 4 aromatic heterocycles. The van der Waals surface area contributed by atoms with Crippen LogP contribution in [0.2, 0.25) is 17.3 Å². The van der Waals surface area contributed by atoms with E-state index in [2.05, 4.69) is 111 Å². The molecule has 2 aromatic carbocycles. The third-order valence-electron chi connectivity index (χ3n) is 11.6. The molecule has 1 radical (unpaired) electrons. The molecule has 6 heteroatoms. The van der Waals surface area contributed by atoms with E-state index in [-0.39, 0.29) is 25.5 Å². The van der Waals surface area contributed by atoms with Crippen LogP contribution in [0.15, 0.2) is 71.4 Å². The van der Waals surface area contributed by atoms with Crippen LogP contribution < -0.4 is 4.40 Å². The fourth-order valence-electron chi connectivity index (χ4n) is 8.72. The van der Waals surface area contributed by atoms with E-state index in [0.717, 1.165) is 63.7 Å². The summed E-state index contributed by atoms with van der Waals surface area (Å²) in [5, 5.41) is 2.11. The molecule has 0 N–H and O–H groups in total. The summed E-state index contributed by atoms with van der Waals surface area (Å²) in [6, 6.07) is 26.2. The Labute approximate surface area is 346 Å². The Morgan fingerprint density at radius 1 is 0.764 bits per heavy atom. The fourth-order valence-corrected chi connectivity index (χ4v) is 12.0. The summed E-state index contributed by atoms with van der Waals surface area (Å²) in [6.07, 6.45) is 18.8. The summed E-state index contributed by atoms with van der Waals surface area (Å²) in [7, 11) is 0. The molecule has 2 fully saturated rings. The zero-order valence-corrected chi connectivity index (χ0v) is 38.9. The number of aryl methyl sites for hydroxylation is 2. The van der Waals surface area contributed by atoms with Gasteiger partial charge in [0.05, 0.1) is 5.58 Å². The topological polar surface area (TPSA) is 51.8 Å². The van der Waals surface area contributed by atoms with Crippen LogP contribution >= 0.6 is 0 Å². The summed E-state index contributed by atoms with van der Waals surface area (Å²) in [6.45, 7) is 11.2. The maximum absolute atomic E-state index is 6.11. The zero-order chi connectivity index (χ0) is 38.0. The van der Waals surface area contributed by atoms with E-state index in [4.69, 9.17) is 14.4 Å². The third-order valence-corrected chi connectivity index (χ3v) is 15.9. The molecular formula is C49H59GeIrN3O-2. The van der Waals surface area contributed by atoms with Gasteiger partial charge in [0.2, 0.25) is 5.71 Å². The monoisotopic (exact) mass is 972 g/mol. The van der Waals surface area contributed by atoms with Crippen LogP contribution in [-0.4, -0.2) is 28.2 Å². The summed E-state index contributed by atoms with van der Waals surface area (Å²) >= 11 is -1.94. The molecule has 0 atom stereocenters. The van der Waals surface area contributed by atoms with Crippen molar-refractivity contribution in [2.24, 2.45) is 11.3 Å². The van der Waals surface area contributed by atoms with Gasteiger partial charge in [0.1, 0.15) is 0 Å². The second kappa shape index (κ2) is 17.6. The van der Waals surface area contributed by atoms with E-state index in [1.807, 2.05) is 25.1 Å². The summed E-state index contributed by atoms with van der Waals surface area (Å²) in [5.41, 5.74) is 12.5. The fraction of sp³-hybridized carbons (Fsp3) is 0.449. The predicted octanol–water partition coefficient (Wildman–Crippen LogP) is 12.9. The maximum Gasteiger partial charge on any atom is 0.216 e. The summed E-state index contributed by atoms with van der Waals surface area (Å²) < 4.78 is 7.67. The third kappa shape index (κ3) is 10.1. The van der Waals surface area contributed by atoms with Crippen LogP contribution in [0.5, 0.6) is 0 Å². The molecule has 6 aromatic rings.